The standard InChI is InChI=1S/C11H10BrFN4/c12-7-3-4-8(13)9(5-7)17-10(6-1-2-6)11(14)15-16-17/h3-6H,1-2,14H2. The summed E-state index contributed by atoms with van der Waals surface area (Å²) in [6.45, 7) is 0. The number of aromatic nitrogens is 3. The van der Waals surface area contributed by atoms with Crippen LogP contribution < -0.4 is 5.73 Å². The van der Waals surface area contributed by atoms with Gasteiger partial charge in [-0.2, -0.15) is 0 Å². The Morgan fingerprint density at radius 1 is 1.41 bits per heavy atom. The summed E-state index contributed by atoms with van der Waals surface area (Å²) in [6.07, 6.45) is 2.13. The van der Waals surface area contributed by atoms with Crippen molar-refractivity contribution in [2.75, 3.05) is 5.73 Å². The van der Waals surface area contributed by atoms with Crippen LogP contribution in [-0.2, 0) is 0 Å². The van der Waals surface area contributed by atoms with Crippen LogP contribution in [0.2, 0.25) is 0 Å². The van der Waals surface area contributed by atoms with E-state index >= 15 is 0 Å². The highest BCUT2D eigenvalue weighted by atomic mass is 79.9. The number of benzene rings is 1. The molecular formula is C11H10BrFN4. The molecule has 1 saturated carbocycles. The third-order valence-electron chi connectivity index (χ3n) is 2.83. The molecule has 1 aliphatic carbocycles. The second-order valence-corrected chi connectivity index (χ2v) is 5.06. The first-order valence-electron chi connectivity index (χ1n) is 5.33. The van der Waals surface area contributed by atoms with Crippen LogP contribution in [0.5, 0.6) is 0 Å². The molecule has 0 aliphatic heterocycles. The number of hydrogen-bond acceptors (Lipinski definition) is 3. The molecule has 0 atom stereocenters. The Hall–Kier alpha value is -1.43. The van der Waals surface area contributed by atoms with Crippen molar-refractivity contribution < 1.29 is 4.39 Å². The minimum Gasteiger partial charge on any atom is -0.381 e. The second-order valence-electron chi connectivity index (χ2n) is 4.14. The molecule has 4 nitrogen and oxygen atoms in total. The van der Waals surface area contributed by atoms with E-state index in [9.17, 15) is 4.39 Å². The topological polar surface area (TPSA) is 56.7 Å². The summed E-state index contributed by atoms with van der Waals surface area (Å²) in [5.41, 5.74) is 6.98. The van der Waals surface area contributed by atoms with Crippen LogP contribution >= 0.6 is 15.9 Å². The Morgan fingerprint density at radius 3 is 2.88 bits per heavy atom. The van der Waals surface area contributed by atoms with Crippen molar-refractivity contribution in [3.63, 3.8) is 0 Å². The van der Waals surface area contributed by atoms with Gasteiger partial charge in [-0.1, -0.05) is 21.1 Å². The maximum atomic E-state index is 13.8. The molecule has 0 bridgehead atoms. The lowest BCUT2D eigenvalue weighted by Gasteiger charge is -2.07. The first-order chi connectivity index (χ1) is 8.16. The minimum absolute atomic E-state index is 0.333. The first-order valence-corrected chi connectivity index (χ1v) is 6.12. The summed E-state index contributed by atoms with van der Waals surface area (Å²) < 4.78 is 16.1. The maximum Gasteiger partial charge on any atom is 0.169 e. The Kier molecular flexibility index (Phi) is 2.39. The zero-order chi connectivity index (χ0) is 12.0. The molecule has 1 aliphatic rings. The molecule has 1 heterocycles. The fourth-order valence-corrected chi connectivity index (χ4v) is 2.21. The molecule has 88 valence electrons. The number of nitrogens with zero attached hydrogens (tertiary/aromatic N) is 3. The van der Waals surface area contributed by atoms with E-state index in [0.29, 0.717) is 17.4 Å². The van der Waals surface area contributed by atoms with Crippen molar-refractivity contribution in [2.24, 2.45) is 0 Å². The second kappa shape index (κ2) is 3.80. The van der Waals surface area contributed by atoms with Gasteiger partial charge in [-0.05, 0) is 31.0 Å². The Bertz CT molecular complexity index is 577. The quantitative estimate of drug-likeness (QED) is 0.927. The van der Waals surface area contributed by atoms with Gasteiger partial charge in [-0.15, -0.1) is 5.10 Å². The molecular weight excluding hydrogens is 287 g/mol. The van der Waals surface area contributed by atoms with Gasteiger partial charge in [0.1, 0.15) is 11.5 Å². The summed E-state index contributed by atoms with van der Waals surface area (Å²) in [6, 6.07) is 4.72. The fraction of sp³-hybridized carbons (Fsp3) is 0.273. The normalized spacial score (nSPS) is 15.2. The predicted molar refractivity (Wildman–Crippen MR) is 65.4 cm³/mol. The van der Waals surface area contributed by atoms with Crippen molar-refractivity contribution in [3.8, 4) is 5.69 Å². The van der Waals surface area contributed by atoms with Gasteiger partial charge in [-0.25, -0.2) is 9.07 Å². The molecule has 0 radical (unpaired) electrons. The zero-order valence-corrected chi connectivity index (χ0v) is 10.5. The number of nitrogen functional groups attached to an aromatic ring is 1. The summed E-state index contributed by atoms with van der Waals surface area (Å²) >= 11 is 3.32. The van der Waals surface area contributed by atoms with Gasteiger partial charge in [-0.3, -0.25) is 0 Å². The molecule has 2 aromatic rings. The average Bonchev–Trinajstić information content (AvgIpc) is 3.06. The van der Waals surface area contributed by atoms with E-state index in [4.69, 9.17) is 5.73 Å². The van der Waals surface area contributed by atoms with E-state index in [1.165, 1.54) is 10.7 Å². The van der Waals surface area contributed by atoms with Crippen LogP contribution in [-0.4, -0.2) is 15.0 Å². The lowest BCUT2D eigenvalue weighted by atomic mass is 10.2. The summed E-state index contributed by atoms with van der Waals surface area (Å²) in [5.74, 6) is 0.426. The van der Waals surface area contributed by atoms with Gasteiger partial charge in [0.05, 0.1) is 5.69 Å². The van der Waals surface area contributed by atoms with E-state index in [1.807, 2.05) is 0 Å². The molecule has 6 heteroatoms. The van der Waals surface area contributed by atoms with Gasteiger partial charge in [0.2, 0.25) is 0 Å². The smallest absolute Gasteiger partial charge is 0.169 e. The lowest BCUT2D eigenvalue weighted by molar-refractivity contribution is 0.602. The van der Waals surface area contributed by atoms with E-state index in [2.05, 4.69) is 26.2 Å². The van der Waals surface area contributed by atoms with Crippen LogP contribution in [0, 0.1) is 5.82 Å². The first kappa shape index (κ1) is 10.7. The lowest BCUT2D eigenvalue weighted by Crippen LogP contribution is -2.05. The predicted octanol–water partition coefficient (Wildman–Crippen LogP) is 2.63. The third-order valence-corrected chi connectivity index (χ3v) is 3.33. The monoisotopic (exact) mass is 296 g/mol. The molecule has 1 aromatic heterocycles. The van der Waals surface area contributed by atoms with E-state index in [-0.39, 0.29) is 5.82 Å². The Morgan fingerprint density at radius 2 is 2.18 bits per heavy atom. The molecule has 0 amide bonds. The van der Waals surface area contributed by atoms with Crippen molar-refractivity contribution in [2.45, 2.75) is 18.8 Å². The van der Waals surface area contributed by atoms with Crippen molar-refractivity contribution in [1.29, 1.82) is 0 Å². The molecule has 2 N–H and O–H groups in total. The van der Waals surface area contributed by atoms with Crippen molar-refractivity contribution in [3.05, 3.63) is 34.2 Å². The Labute approximate surface area is 106 Å². The highest BCUT2D eigenvalue weighted by Crippen LogP contribution is 2.43. The summed E-state index contributed by atoms with van der Waals surface area (Å²) in [4.78, 5) is 0. The number of anilines is 1. The van der Waals surface area contributed by atoms with Gasteiger partial charge in [0, 0.05) is 10.4 Å². The Balaban J connectivity index is 2.17. The number of halogens is 2. The van der Waals surface area contributed by atoms with Crippen molar-refractivity contribution >= 4 is 21.7 Å². The van der Waals surface area contributed by atoms with E-state index < -0.39 is 0 Å². The summed E-state index contributed by atoms with van der Waals surface area (Å²) in [7, 11) is 0. The minimum atomic E-state index is -0.333. The average molecular weight is 297 g/mol. The van der Waals surface area contributed by atoms with Gasteiger partial charge in [0.15, 0.2) is 5.82 Å². The molecule has 1 fully saturated rings. The van der Waals surface area contributed by atoms with Crippen LogP contribution in [0.3, 0.4) is 0 Å². The van der Waals surface area contributed by atoms with Crippen LogP contribution in [0.15, 0.2) is 22.7 Å². The summed E-state index contributed by atoms with van der Waals surface area (Å²) in [5, 5.41) is 7.76. The van der Waals surface area contributed by atoms with Crippen LogP contribution in [0.1, 0.15) is 24.5 Å². The van der Waals surface area contributed by atoms with Crippen LogP contribution in [0.4, 0.5) is 10.2 Å². The molecule has 0 saturated heterocycles. The van der Waals surface area contributed by atoms with E-state index in [1.54, 1.807) is 12.1 Å². The van der Waals surface area contributed by atoms with Gasteiger partial charge >= 0.3 is 0 Å². The van der Waals surface area contributed by atoms with Crippen molar-refractivity contribution in [1.82, 2.24) is 15.0 Å². The fourth-order valence-electron chi connectivity index (χ4n) is 1.87. The number of nitrogens with two attached hydrogens (primary N) is 1. The SMILES string of the molecule is Nc1nnn(-c2cc(Br)ccc2F)c1C1CC1. The molecule has 0 unspecified atom stereocenters. The molecule has 1 aromatic carbocycles. The maximum absolute atomic E-state index is 13.8. The van der Waals surface area contributed by atoms with Crippen LogP contribution in [0.25, 0.3) is 5.69 Å². The molecule has 3 rings (SSSR count). The highest BCUT2D eigenvalue weighted by Gasteiger charge is 2.31. The largest absolute Gasteiger partial charge is 0.381 e. The van der Waals surface area contributed by atoms with Gasteiger partial charge in [0.25, 0.3) is 0 Å². The highest BCUT2D eigenvalue weighted by molar-refractivity contribution is 9.10. The van der Waals surface area contributed by atoms with E-state index in [0.717, 1.165) is 23.0 Å². The number of rotatable bonds is 2. The van der Waals surface area contributed by atoms with Gasteiger partial charge < -0.3 is 5.73 Å². The number of hydrogen-bond donors (Lipinski definition) is 1. The zero-order valence-electron chi connectivity index (χ0n) is 8.90. The molecule has 17 heavy (non-hydrogen) atoms. The molecule has 0 spiro atoms. The third kappa shape index (κ3) is 1.82.